The van der Waals surface area contributed by atoms with Gasteiger partial charge in [-0.15, -0.1) is 0 Å². The van der Waals surface area contributed by atoms with Crippen molar-refractivity contribution in [3.8, 4) is 0 Å². The Balaban J connectivity index is 1.73. The van der Waals surface area contributed by atoms with Gasteiger partial charge in [-0.1, -0.05) is 19.3 Å². The summed E-state index contributed by atoms with van der Waals surface area (Å²) in [4.78, 5) is 2.66. The summed E-state index contributed by atoms with van der Waals surface area (Å²) in [6.07, 6.45) is 9.38. The largest absolute Gasteiger partial charge is 0.390 e. The molecule has 1 aromatic rings. The van der Waals surface area contributed by atoms with Gasteiger partial charge in [0.25, 0.3) is 0 Å². The highest BCUT2D eigenvalue weighted by molar-refractivity contribution is 5.14. The van der Waals surface area contributed by atoms with Gasteiger partial charge in [0.1, 0.15) is 0 Å². The average molecular weight is 249 g/mol. The highest BCUT2D eigenvalue weighted by Gasteiger charge is 2.33. The van der Waals surface area contributed by atoms with E-state index in [2.05, 4.69) is 15.1 Å². The van der Waals surface area contributed by atoms with E-state index in [1.165, 1.54) is 51.5 Å². The molecule has 1 aliphatic heterocycles. The fraction of sp³-hybridized carbons (Fsp3) is 0.786. The van der Waals surface area contributed by atoms with Crippen LogP contribution in [0.2, 0.25) is 0 Å². The maximum Gasteiger partial charge on any atom is 0.0847 e. The second-order valence-corrected chi connectivity index (χ2v) is 5.66. The van der Waals surface area contributed by atoms with Crippen molar-refractivity contribution in [3.63, 3.8) is 0 Å². The van der Waals surface area contributed by atoms with Crippen molar-refractivity contribution in [1.29, 1.82) is 0 Å². The van der Waals surface area contributed by atoms with E-state index in [-0.39, 0.29) is 6.61 Å². The van der Waals surface area contributed by atoms with Crippen molar-refractivity contribution in [2.45, 2.75) is 63.6 Å². The van der Waals surface area contributed by atoms with Gasteiger partial charge >= 0.3 is 0 Å². The second kappa shape index (κ2) is 5.41. The maximum absolute atomic E-state index is 9.12. The van der Waals surface area contributed by atoms with Gasteiger partial charge in [0, 0.05) is 6.04 Å². The molecule has 1 aliphatic carbocycles. The monoisotopic (exact) mass is 249 g/mol. The molecular weight excluding hydrogens is 226 g/mol. The van der Waals surface area contributed by atoms with E-state index in [0.717, 1.165) is 17.4 Å². The van der Waals surface area contributed by atoms with Crippen molar-refractivity contribution in [2.75, 3.05) is 6.54 Å². The van der Waals surface area contributed by atoms with Gasteiger partial charge < -0.3 is 5.11 Å². The number of H-pyrrole nitrogens is 1. The van der Waals surface area contributed by atoms with E-state index in [1.54, 1.807) is 0 Å². The van der Waals surface area contributed by atoms with Crippen molar-refractivity contribution < 1.29 is 5.11 Å². The third kappa shape index (κ3) is 2.31. The van der Waals surface area contributed by atoms with Crippen LogP contribution in [0.4, 0.5) is 0 Å². The fourth-order valence-electron chi connectivity index (χ4n) is 3.59. The van der Waals surface area contributed by atoms with Gasteiger partial charge in [0.2, 0.25) is 0 Å². The van der Waals surface area contributed by atoms with Gasteiger partial charge in [0.05, 0.1) is 24.0 Å². The second-order valence-electron chi connectivity index (χ2n) is 5.66. The molecule has 0 spiro atoms. The van der Waals surface area contributed by atoms with Crippen LogP contribution < -0.4 is 0 Å². The van der Waals surface area contributed by atoms with Crippen molar-refractivity contribution in [2.24, 2.45) is 0 Å². The first-order valence-corrected chi connectivity index (χ1v) is 7.29. The number of aromatic amines is 1. The molecule has 1 saturated heterocycles. The smallest absolute Gasteiger partial charge is 0.0847 e. The molecule has 1 saturated carbocycles. The van der Waals surface area contributed by atoms with Crippen LogP contribution in [0, 0.1) is 0 Å². The summed E-state index contributed by atoms with van der Waals surface area (Å²) < 4.78 is 0. The molecule has 18 heavy (non-hydrogen) atoms. The van der Waals surface area contributed by atoms with Gasteiger partial charge in [-0.3, -0.25) is 10.00 Å². The highest BCUT2D eigenvalue weighted by Crippen LogP contribution is 2.36. The van der Waals surface area contributed by atoms with E-state index >= 15 is 0 Å². The number of nitrogens with one attached hydrogen (secondary N) is 1. The predicted molar refractivity (Wildman–Crippen MR) is 70.1 cm³/mol. The normalized spacial score (nSPS) is 26.8. The van der Waals surface area contributed by atoms with E-state index in [1.807, 2.05) is 6.07 Å². The molecule has 1 aromatic heterocycles. The number of likely N-dealkylation sites (tertiary alicyclic amines) is 1. The Kier molecular flexibility index (Phi) is 3.66. The molecule has 2 heterocycles. The number of hydrogen-bond donors (Lipinski definition) is 2. The topological polar surface area (TPSA) is 52.1 Å². The lowest BCUT2D eigenvalue weighted by molar-refractivity contribution is 0.140. The molecule has 0 bridgehead atoms. The third-order valence-electron chi connectivity index (χ3n) is 4.50. The molecule has 0 unspecified atom stereocenters. The van der Waals surface area contributed by atoms with E-state index < -0.39 is 0 Å². The standard InChI is InChI=1S/C14H23N3O/c18-10-11-9-13(16-15-11)14-7-4-8-17(14)12-5-2-1-3-6-12/h9,12,14,18H,1-8,10H2,(H,15,16)/t14-/m1/s1. The fourth-order valence-corrected chi connectivity index (χ4v) is 3.59. The molecule has 3 rings (SSSR count). The van der Waals surface area contributed by atoms with Gasteiger partial charge in [-0.05, 0) is 38.3 Å². The molecule has 1 atom stereocenters. The van der Waals surface area contributed by atoms with Crippen LogP contribution >= 0.6 is 0 Å². The summed E-state index contributed by atoms with van der Waals surface area (Å²) >= 11 is 0. The van der Waals surface area contributed by atoms with Crippen LogP contribution in [0.25, 0.3) is 0 Å². The first-order valence-electron chi connectivity index (χ1n) is 7.29. The SMILES string of the molecule is OCc1cc([C@H]2CCCN2C2CCCCC2)n[nH]1. The first-order chi connectivity index (χ1) is 8.88. The zero-order valence-electron chi connectivity index (χ0n) is 10.9. The lowest BCUT2D eigenvalue weighted by Crippen LogP contribution is -2.36. The number of rotatable bonds is 3. The summed E-state index contributed by atoms with van der Waals surface area (Å²) in [6.45, 7) is 1.28. The van der Waals surface area contributed by atoms with E-state index in [0.29, 0.717) is 6.04 Å². The highest BCUT2D eigenvalue weighted by atomic mass is 16.3. The molecule has 2 N–H and O–H groups in total. The minimum absolute atomic E-state index is 0.0587. The van der Waals surface area contributed by atoms with Crippen LogP contribution in [0.1, 0.15) is 62.4 Å². The summed E-state index contributed by atoms with van der Waals surface area (Å²) in [5.74, 6) is 0. The number of aliphatic hydroxyl groups excluding tert-OH is 1. The zero-order chi connectivity index (χ0) is 12.4. The Morgan fingerprint density at radius 1 is 1.22 bits per heavy atom. The van der Waals surface area contributed by atoms with Gasteiger partial charge in [-0.2, -0.15) is 5.10 Å². The summed E-state index contributed by atoms with van der Waals surface area (Å²) in [7, 11) is 0. The molecule has 2 aliphatic rings. The lowest BCUT2D eigenvalue weighted by Gasteiger charge is -2.34. The lowest BCUT2D eigenvalue weighted by atomic mass is 9.93. The van der Waals surface area contributed by atoms with Crippen molar-refractivity contribution in [3.05, 3.63) is 17.5 Å². The van der Waals surface area contributed by atoms with Gasteiger partial charge in [-0.25, -0.2) is 0 Å². The Labute approximate surface area is 108 Å². The molecule has 0 amide bonds. The van der Waals surface area contributed by atoms with Crippen LogP contribution in [0.3, 0.4) is 0 Å². The average Bonchev–Trinajstić information content (AvgIpc) is 3.08. The van der Waals surface area contributed by atoms with Crippen LogP contribution in [-0.2, 0) is 6.61 Å². The summed E-state index contributed by atoms with van der Waals surface area (Å²) in [6, 6.07) is 3.27. The van der Waals surface area contributed by atoms with Crippen molar-refractivity contribution in [1.82, 2.24) is 15.1 Å². The van der Waals surface area contributed by atoms with Crippen molar-refractivity contribution >= 4 is 0 Å². The number of aliphatic hydroxyl groups is 1. The molecule has 4 heteroatoms. The molecular formula is C14H23N3O. The minimum atomic E-state index is 0.0587. The molecule has 2 fully saturated rings. The Bertz CT molecular complexity index is 384. The Morgan fingerprint density at radius 3 is 2.78 bits per heavy atom. The maximum atomic E-state index is 9.12. The Morgan fingerprint density at radius 2 is 2.06 bits per heavy atom. The molecule has 0 radical (unpaired) electrons. The minimum Gasteiger partial charge on any atom is -0.390 e. The van der Waals surface area contributed by atoms with E-state index in [4.69, 9.17) is 5.11 Å². The number of nitrogens with zero attached hydrogens (tertiary/aromatic N) is 2. The van der Waals surface area contributed by atoms with Crippen LogP contribution in [0.5, 0.6) is 0 Å². The van der Waals surface area contributed by atoms with E-state index in [9.17, 15) is 0 Å². The quantitative estimate of drug-likeness (QED) is 0.864. The first kappa shape index (κ1) is 12.2. The number of hydrogen-bond acceptors (Lipinski definition) is 3. The molecule has 4 nitrogen and oxygen atoms in total. The Hall–Kier alpha value is -0.870. The summed E-state index contributed by atoms with van der Waals surface area (Å²) in [5, 5.41) is 16.4. The molecule has 0 aromatic carbocycles. The molecule has 100 valence electrons. The third-order valence-corrected chi connectivity index (χ3v) is 4.50. The zero-order valence-corrected chi connectivity index (χ0v) is 10.9. The van der Waals surface area contributed by atoms with Gasteiger partial charge in [0.15, 0.2) is 0 Å². The van der Waals surface area contributed by atoms with Crippen LogP contribution in [0.15, 0.2) is 6.07 Å². The van der Waals surface area contributed by atoms with Crippen LogP contribution in [-0.4, -0.2) is 32.8 Å². The number of aromatic nitrogens is 2. The predicted octanol–water partition coefficient (Wildman–Crippen LogP) is 2.37. The summed E-state index contributed by atoms with van der Waals surface area (Å²) in [5.41, 5.74) is 1.96.